The molecular weight excluding hydrogens is 1320 g/mol. The lowest BCUT2D eigenvalue weighted by Gasteiger charge is -2.15. The Hall–Kier alpha value is -6.30. The number of para-hydroxylation sites is 1. The quantitative estimate of drug-likeness (QED) is 0.0711. The lowest BCUT2D eigenvalue weighted by molar-refractivity contribution is -0.384. The summed E-state index contributed by atoms with van der Waals surface area (Å²) in [5.41, 5.74) is 0.137. The van der Waals surface area contributed by atoms with Crippen molar-refractivity contribution in [3.63, 3.8) is 0 Å². The number of nitrogens with zero attached hydrogens (tertiary/aromatic N) is 1. The van der Waals surface area contributed by atoms with Gasteiger partial charge in [-0.25, -0.2) is 0 Å². The highest BCUT2D eigenvalue weighted by Gasteiger charge is 2.17. The number of rotatable bonds is 1. The van der Waals surface area contributed by atoms with Crippen LogP contribution in [0.4, 0.5) is 5.69 Å². The van der Waals surface area contributed by atoms with Gasteiger partial charge in [0.15, 0.2) is 0 Å². The van der Waals surface area contributed by atoms with E-state index in [1.807, 2.05) is 0 Å². The highest BCUT2D eigenvalue weighted by molar-refractivity contribution is 9.93. The summed E-state index contributed by atoms with van der Waals surface area (Å²) >= 11 is 20.3. The zero-order valence-corrected chi connectivity index (χ0v) is 48.9. The van der Waals surface area contributed by atoms with Crippen LogP contribution in [0, 0.1) is 10.1 Å². The van der Waals surface area contributed by atoms with Crippen molar-refractivity contribution in [2.24, 2.45) is 0 Å². The summed E-state index contributed by atoms with van der Waals surface area (Å²) < 4.78 is 4.61. The van der Waals surface area contributed by atoms with Crippen LogP contribution in [0.1, 0.15) is 0 Å². The molecule has 16 rings (SSSR count). The Bertz CT molecular complexity index is 4240. The standard InChI is InChI=1S/2C20H10Br2.C20H12.C6H5NO2.Br2/c21-17-9-8-14-12-4-2-6-16-18(22)10-7-13(20(12)16)11-3-1-5-15(17)19(11)14;21-17-9-7-13-14-8-10-18(22)16-6-2-4-12(20(14)16)11-3-1-5-15(17)19(11)13;1-5-13-6-2-11-17-18-12-4-8-14-7-3-10-16(20(14)18)15(9-1)19(13)17;8-7(9)6-4-2-1-3-5-6;1-2/h2*1-10H;1-12H;1-5H;. The SMILES string of the molecule is BrBr.Brc1ccc2c3ccc(Br)c4cccc(c5cccc1c52)c43.Brc1ccc2c3cccc4c(Br)ccc(c5cccc1c52)c43.O=[N+]([O-])c1ccccc1.c1cc2cccc3c4cccc5cccc(c(c1)c23)c54. The zero-order valence-electron chi connectivity index (χ0n) is 39.4. The maximum Gasteiger partial charge on any atom is 0.269 e. The second kappa shape index (κ2) is 20.7. The number of halogens is 6. The minimum absolute atomic E-state index is 0.137. The van der Waals surface area contributed by atoms with Gasteiger partial charge in [0.05, 0.1) is 4.92 Å². The van der Waals surface area contributed by atoms with Crippen molar-refractivity contribution >= 4 is 227 Å². The van der Waals surface area contributed by atoms with E-state index in [0.717, 1.165) is 17.9 Å². The molecule has 0 aliphatic rings. The van der Waals surface area contributed by atoms with Crippen LogP contribution in [0.5, 0.6) is 0 Å². The van der Waals surface area contributed by atoms with Crippen LogP contribution in [0.25, 0.3) is 129 Å². The number of fused-ring (bicyclic) bond motifs is 6. The number of nitro benzene ring substituents is 1. The van der Waals surface area contributed by atoms with Crippen LogP contribution in [-0.4, -0.2) is 4.92 Å². The number of hydrogen-bond donors (Lipinski definition) is 0. The molecule has 3 nitrogen and oxygen atoms in total. The lowest BCUT2D eigenvalue weighted by atomic mass is 9.90. The molecule has 0 aliphatic heterocycles. The Morgan fingerprint density at radius 3 is 0.693 bits per heavy atom. The minimum Gasteiger partial charge on any atom is -0.258 e. The van der Waals surface area contributed by atoms with E-state index in [2.05, 4.69) is 286 Å². The lowest BCUT2D eigenvalue weighted by Crippen LogP contribution is -1.87. The summed E-state index contributed by atoms with van der Waals surface area (Å²) in [5, 5.41) is 42.0. The van der Waals surface area contributed by atoms with Crippen LogP contribution in [-0.2, 0) is 0 Å². The third kappa shape index (κ3) is 8.47. The number of non-ortho nitro benzene ring substituents is 1. The van der Waals surface area contributed by atoms with Gasteiger partial charge < -0.3 is 0 Å². The fourth-order valence-electron chi connectivity index (χ4n) is 11.4. The highest BCUT2D eigenvalue weighted by Crippen LogP contribution is 2.46. The van der Waals surface area contributed by atoms with E-state index < -0.39 is 4.92 Å². The summed E-state index contributed by atoms with van der Waals surface area (Å²) in [5.74, 6) is 0. The third-order valence-corrected chi connectivity index (χ3v) is 17.2. The average molecular weight is 1360 g/mol. The van der Waals surface area contributed by atoms with Crippen molar-refractivity contribution < 1.29 is 4.92 Å². The first-order chi connectivity index (χ1) is 36.7. The fourth-order valence-corrected chi connectivity index (χ4v) is 13.3. The Kier molecular flexibility index (Phi) is 13.7. The van der Waals surface area contributed by atoms with E-state index in [9.17, 15) is 10.1 Å². The first-order valence-corrected chi connectivity index (χ1v) is 30.9. The van der Waals surface area contributed by atoms with E-state index in [4.69, 9.17) is 0 Å². The van der Waals surface area contributed by atoms with Crippen molar-refractivity contribution in [1.29, 1.82) is 0 Å². The molecule has 16 aromatic rings. The predicted molar refractivity (Wildman–Crippen MR) is 345 cm³/mol. The van der Waals surface area contributed by atoms with Gasteiger partial charge in [0.1, 0.15) is 0 Å². The Balaban J connectivity index is 0.000000104. The topological polar surface area (TPSA) is 43.1 Å². The molecule has 0 aromatic heterocycles. The van der Waals surface area contributed by atoms with Crippen LogP contribution >= 0.6 is 92.0 Å². The van der Waals surface area contributed by atoms with Crippen molar-refractivity contribution in [2.45, 2.75) is 0 Å². The molecule has 0 unspecified atom stereocenters. The highest BCUT2D eigenvalue weighted by atomic mass is 80.9. The van der Waals surface area contributed by atoms with E-state index in [1.54, 1.807) is 18.2 Å². The van der Waals surface area contributed by atoms with Gasteiger partial charge in [0.25, 0.3) is 5.69 Å². The largest absolute Gasteiger partial charge is 0.269 e. The van der Waals surface area contributed by atoms with E-state index in [0.29, 0.717) is 0 Å². The molecular formula is C66H37Br6NO2. The maximum atomic E-state index is 10.0. The summed E-state index contributed by atoms with van der Waals surface area (Å²) in [6.45, 7) is 0. The number of benzene rings is 16. The average Bonchev–Trinajstić information content (AvgIpc) is 3.53. The molecule has 0 bridgehead atoms. The summed E-state index contributed by atoms with van der Waals surface area (Å²) in [6, 6.07) is 78.2. The summed E-state index contributed by atoms with van der Waals surface area (Å²) in [6.07, 6.45) is 0. The van der Waals surface area contributed by atoms with Crippen molar-refractivity contribution in [2.75, 3.05) is 0 Å². The molecule has 0 radical (unpaired) electrons. The normalized spacial score (nSPS) is 11.4. The van der Waals surface area contributed by atoms with Crippen LogP contribution in [0.15, 0.2) is 242 Å². The second-order valence-corrected chi connectivity index (χ2v) is 21.7. The molecule has 360 valence electrons. The monoisotopic (exact) mass is 1350 g/mol. The van der Waals surface area contributed by atoms with Gasteiger partial charge >= 0.3 is 0 Å². The van der Waals surface area contributed by atoms with Crippen molar-refractivity contribution in [3.05, 3.63) is 252 Å². The van der Waals surface area contributed by atoms with Crippen molar-refractivity contribution in [3.8, 4) is 0 Å². The van der Waals surface area contributed by atoms with E-state index >= 15 is 0 Å². The molecule has 0 saturated carbocycles. The number of nitro groups is 1. The molecule has 0 aliphatic carbocycles. The molecule has 0 N–H and O–H groups in total. The third-order valence-electron chi connectivity index (χ3n) is 14.5. The van der Waals surface area contributed by atoms with Crippen molar-refractivity contribution in [1.82, 2.24) is 0 Å². The molecule has 0 fully saturated rings. The summed E-state index contributed by atoms with van der Waals surface area (Å²) in [4.78, 5) is 9.59. The first-order valence-electron chi connectivity index (χ1n) is 24.0. The second-order valence-electron chi connectivity index (χ2n) is 18.3. The molecule has 75 heavy (non-hydrogen) atoms. The maximum absolute atomic E-state index is 10.0. The van der Waals surface area contributed by atoms with Crippen LogP contribution in [0.2, 0.25) is 0 Å². The predicted octanol–water partition coefficient (Wildman–Crippen LogP) is 23.5. The van der Waals surface area contributed by atoms with Crippen LogP contribution in [0.3, 0.4) is 0 Å². The van der Waals surface area contributed by atoms with Gasteiger partial charge in [0.2, 0.25) is 0 Å². The summed E-state index contributed by atoms with van der Waals surface area (Å²) in [7, 11) is 0. The van der Waals surface area contributed by atoms with E-state index in [-0.39, 0.29) is 5.69 Å². The molecule has 0 amide bonds. The number of hydrogen-bond acceptors (Lipinski definition) is 2. The zero-order chi connectivity index (χ0) is 51.5. The van der Waals surface area contributed by atoms with Gasteiger partial charge in [-0.3, -0.25) is 10.1 Å². The Morgan fingerprint density at radius 1 is 0.240 bits per heavy atom. The molecule has 0 atom stereocenters. The van der Waals surface area contributed by atoms with Gasteiger partial charge in [-0.1, -0.05) is 252 Å². The Labute approximate surface area is 479 Å². The molecule has 9 heteroatoms. The smallest absolute Gasteiger partial charge is 0.258 e. The van der Waals surface area contributed by atoms with Gasteiger partial charge in [0, 0.05) is 58.3 Å². The fraction of sp³-hybridized carbons (Fsp3) is 0. The van der Waals surface area contributed by atoms with Gasteiger partial charge in [-0.05, 0) is 154 Å². The minimum atomic E-state index is -0.417. The molecule has 0 saturated heterocycles. The van der Waals surface area contributed by atoms with Gasteiger partial charge in [-0.15, -0.1) is 0 Å². The Morgan fingerprint density at radius 2 is 0.453 bits per heavy atom. The van der Waals surface area contributed by atoms with E-state index in [1.165, 1.54) is 141 Å². The molecule has 0 spiro atoms. The molecule has 0 heterocycles. The first kappa shape index (κ1) is 49.6. The molecule has 16 aromatic carbocycles. The van der Waals surface area contributed by atoms with Crippen LogP contribution < -0.4 is 0 Å². The van der Waals surface area contributed by atoms with Gasteiger partial charge in [-0.2, -0.15) is 0 Å².